The molecule has 0 aliphatic heterocycles. The first-order valence-electron chi connectivity index (χ1n) is 10.9. The molecule has 0 atom stereocenters. The summed E-state index contributed by atoms with van der Waals surface area (Å²) in [5.41, 5.74) is -0.00107. The van der Waals surface area contributed by atoms with Crippen LogP contribution in [0, 0.1) is 18.8 Å². The van der Waals surface area contributed by atoms with Crippen molar-refractivity contribution >= 4 is 17.5 Å². The van der Waals surface area contributed by atoms with Crippen molar-refractivity contribution in [3.05, 3.63) is 36.2 Å². The van der Waals surface area contributed by atoms with Crippen molar-refractivity contribution in [3.8, 4) is 5.75 Å². The molecule has 2 bridgehead atoms. The second kappa shape index (κ2) is 10.8. The molecule has 2 aliphatic carbocycles. The predicted molar refractivity (Wildman–Crippen MR) is 122 cm³/mol. The topological polar surface area (TPSA) is 70.6 Å². The molecular formula is C24H37ClN2O3. The molecule has 0 aromatic heterocycles. The van der Waals surface area contributed by atoms with E-state index >= 15 is 0 Å². The normalized spacial score (nSPS) is 23.4. The first kappa shape index (κ1) is 25.0. The van der Waals surface area contributed by atoms with Crippen molar-refractivity contribution < 1.29 is 14.6 Å². The molecule has 2 fully saturated rings. The fourth-order valence-corrected chi connectivity index (χ4v) is 5.04. The molecular weight excluding hydrogens is 400 g/mol. The van der Waals surface area contributed by atoms with Gasteiger partial charge in [0.15, 0.2) is 0 Å². The quantitative estimate of drug-likeness (QED) is 0.498. The van der Waals surface area contributed by atoms with E-state index in [4.69, 9.17) is 16.3 Å². The highest BCUT2D eigenvalue weighted by Gasteiger charge is 2.39. The van der Waals surface area contributed by atoms with Crippen LogP contribution in [0.2, 0.25) is 5.02 Å². The maximum atomic E-state index is 12.8. The Balaban J connectivity index is 0.00000320. The Labute approximate surface area is 186 Å². The van der Waals surface area contributed by atoms with Crippen LogP contribution in [0.25, 0.3) is 0 Å². The van der Waals surface area contributed by atoms with Crippen molar-refractivity contribution in [1.29, 1.82) is 0 Å². The van der Waals surface area contributed by atoms with Gasteiger partial charge in [0, 0.05) is 19.6 Å². The van der Waals surface area contributed by atoms with Gasteiger partial charge in [0.25, 0.3) is 5.91 Å². The summed E-state index contributed by atoms with van der Waals surface area (Å²) in [5.74, 6) is 1.35. The van der Waals surface area contributed by atoms with Gasteiger partial charge in [-0.05, 0) is 62.6 Å². The average Bonchev–Trinajstić information content (AvgIpc) is 2.66. The van der Waals surface area contributed by atoms with Gasteiger partial charge < -0.3 is 20.5 Å². The lowest BCUT2D eigenvalue weighted by Crippen LogP contribution is -2.43. The van der Waals surface area contributed by atoms with Gasteiger partial charge in [0.2, 0.25) is 0 Å². The van der Waals surface area contributed by atoms with Gasteiger partial charge in [-0.15, -0.1) is 0 Å². The average molecular weight is 437 g/mol. The third-order valence-corrected chi connectivity index (χ3v) is 6.60. The highest BCUT2D eigenvalue weighted by molar-refractivity contribution is 6.33. The fourth-order valence-electron chi connectivity index (χ4n) is 4.84. The van der Waals surface area contributed by atoms with E-state index in [9.17, 15) is 9.90 Å². The number of amides is 1. The predicted octanol–water partition coefficient (Wildman–Crippen LogP) is 4.50. The third-order valence-electron chi connectivity index (χ3n) is 6.27. The Hall–Kier alpha value is -1.30. The molecule has 2 saturated carbocycles. The molecule has 0 heterocycles. The molecule has 5 nitrogen and oxygen atoms in total. The van der Waals surface area contributed by atoms with Crippen molar-refractivity contribution in [3.63, 3.8) is 0 Å². The molecule has 3 rings (SSSR count). The first-order valence-corrected chi connectivity index (χ1v) is 11.3. The maximum absolute atomic E-state index is 12.8. The van der Waals surface area contributed by atoms with E-state index in [2.05, 4.69) is 10.6 Å². The highest BCUT2D eigenvalue weighted by Crippen LogP contribution is 2.48. The van der Waals surface area contributed by atoms with E-state index < -0.39 is 5.60 Å². The number of halogens is 1. The first-order chi connectivity index (χ1) is 13.8. The number of rotatable bonds is 9. The Morgan fingerprint density at radius 2 is 2.00 bits per heavy atom. The molecule has 0 spiro atoms. The van der Waals surface area contributed by atoms with Crippen molar-refractivity contribution in [2.24, 2.45) is 11.3 Å². The molecule has 2 aliphatic rings. The fraction of sp³-hybridized carbons (Fsp3) is 0.667. The standard InChI is InChI=1S/C23H35ClN2O3.CH2/c1-22(2,28)15-25-11-12-29-18-7-8-20(24)19(13-18)21(27)26-16-23-9-3-5-17(14-23)6-4-10-23;/h7-8,13,17,25,28H,3-6,9-12,14-16H2,1-2H3,(H,26,27);1H2. The summed E-state index contributed by atoms with van der Waals surface area (Å²) in [7, 11) is 0. The second-order valence-corrected chi connectivity index (χ2v) is 9.92. The monoisotopic (exact) mass is 436 g/mol. The molecule has 2 radical (unpaired) electrons. The SMILES string of the molecule is CC(C)(O)CNCCOc1ccc(Cl)c(C(=O)NCC23CCCC(CCC2)C3)c1.[CH2]. The Kier molecular flexibility index (Phi) is 9.01. The summed E-state index contributed by atoms with van der Waals surface area (Å²) in [6.07, 6.45) is 8.97. The Morgan fingerprint density at radius 3 is 2.67 bits per heavy atom. The molecule has 1 aromatic rings. The van der Waals surface area contributed by atoms with Gasteiger partial charge in [0.05, 0.1) is 16.2 Å². The molecule has 3 N–H and O–H groups in total. The van der Waals surface area contributed by atoms with Crippen LogP contribution in [-0.4, -0.2) is 42.9 Å². The summed E-state index contributed by atoms with van der Waals surface area (Å²) in [4.78, 5) is 12.8. The van der Waals surface area contributed by atoms with Gasteiger partial charge in [-0.3, -0.25) is 4.79 Å². The van der Waals surface area contributed by atoms with E-state index in [1.807, 2.05) is 0 Å². The van der Waals surface area contributed by atoms with Gasteiger partial charge in [-0.2, -0.15) is 0 Å². The van der Waals surface area contributed by atoms with Crippen LogP contribution in [0.5, 0.6) is 5.75 Å². The minimum absolute atomic E-state index is 0. The number of hydrogen-bond donors (Lipinski definition) is 3. The number of carbonyl (C=O) groups is 1. The molecule has 1 aromatic carbocycles. The summed E-state index contributed by atoms with van der Waals surface area (Å²) in [6, 6.07) is 5.21. The van der Waals surface area contributed by atoms with Crippen LogP contribution in [-0.2, 0) is 0 Å². The number of ether oxygens (including phenoxy) is 1. The minimum Gasteiger partial charge on any atom is -0.492 e. The molecule has 6 heteroatoms. The molecule has 0 unspecified atom stereocenters. The molecule has 30 heavy (non-hydrogen) atoms. The highest BCUT2D eigenvalue weighted by atomic mass is 35.5. The largest absolute Gasteiger partial charge is 0.492 e. The van der Waals surface area contributed by atoms with Crippen LogP contribution in [0.15, 0.2) is 18.2 Å². The van der Waals surface area contributed by atoms with Gasteiger partial charge in [0.1, 0.15) is 12.4 Å². The van der Waals surface area contributed by atoms with Crippen LogP contribution < -0.4 is 15.4 Å². The zero-order chi connectivity index (χ0) is 20.9. The van der Waals surface area contributed by atoms with Crippen LogP contribution in [0.3, 0.4) is 0 Å². The zero-order valence-electron chi connectivity index (χ0n) is 18.4. The second-order valence-electron chi connectivity index (χ2n) is 9.52. The smallest absolute Gasteiger partial charge is 0.252 e. The summed E-state index contributed by atoms with van der Waals surface area (Å²) in [6.45, 7) is 5.80. The maximum Gasteiger partial charge on any atom is 0.252 e. The van der Waals surface area contributed by atoms with Crippen molar-refractivity contribution in [1.82, 2.24) is 10.6 Å². The lowest BCUT2D eigenvalue weighted by atomic mass is 9.62. The molecule has 168 valence electrons. The number of hydrogen-bond acceptors (Lipinski definition) is 4. The molecule has 0 saturated heterocycles. The van der Waals surface area contributed by atoms with Crippen molar-refractivity contribution in [2.45, 2.75) is 64.4 Å². The number of benzene rings is 1. The molecule has 1 amide bonds. The van der Waals surface area contributed by atoms with Crippen LogP contribution in [0.4, 0.5) is 0 Å². The van der Waals surface area contributed by atoms with E-state index in [1.54, 1.807) is 32.0 Å². The minimum atomic E-state index is -0.748. The lowest BCUT2D eigenvalue weighted by molar-refractivity contribution is 0.0681. The number of carbonyl (C=O) groups excluding carboxylic acids is 1. The summed E-state index contributed by atoms with van der Waals surface area (Å²) in [5, 5.41) is 16.4. The number of aliphatic hydroxyl groups is 1. The third kappa shape index (κ3) is 7.14. The zero-order valence-corrected chi connectivity index (χ0v) is 19.2. The van der Waals surface area contributed by atoms with Crippen LogP contribution in [0.1, 0.15) is 69.2 Å². The van der Waals surface area contributed by atoms with Gasteiger partial charge in [-0.1, -0.05) is 44.7 Å². The van der Waals surface area contributed by atoms with Crippen molar-refractivity contribution in [2.75, 3.05) is 26.2 Å². The Bertz CT molecular complexity index is 692. The summed E-state index contributed by atoms with van der Waals surface area (Å²) >= 11 is 6.29. The van der Waals surface area contributed by atoms with E-state index in [-0.39, 0.29) is 18.7 Å². The van der Waals surface area contributed by atoms with E-state index in [0.29, 0.717) is 36.0 Å². The Morgan fingerprint density at radius 1 is 1.30 bits per heavy atom. The number of nitrogens with one attached hydrogen (secondary N) is 2. The van der Waals surface area contributed by atoms with E-state index in [0.717, 1.165) is 12.5 Å². The van der Waals surface area contributed by atoms with Crippen LogP contribution >= 0.6 is 11.6 Å². The van der Waals surface area contributed by atoms with Gasteiger partial charge >= 0.3 is 0 Å². The van der Waals surface area contributed by atoms with E-state index in [1.165, 1.54) is 44.9 Å². The number of fused-ring (bicyclic) bond motifs is 2. The lowest BCUT2D eigenvalue weighted by Gasteiger charge is -2.45. The van der Waals surface area contributed by atoms with Gasteiger partial charge in [-0.25, -0.2) is 0 Å². The summed E-state index contributed by atoms with van der Waals surface area (Å²) < 4.78 is 5.74.